The fraction of sp³-hybridized carbons (Fsp3) is 0.0278. The van der Waals surface area contributed by atoms with Crippen molar-refractivity contribution in [2.24, 2.45) is 0 Å². The smallest absolute Gasteiger partial charge is 0 e. The van der Waals surface area contributed by atoms with E-state index in [0.717, 1.165) is 6.42 Å². The number of benzene rings is 4. The molecule has 3 heteroatoms. The molecule has 0 fully saturated rings. The molecule has 0 saturated carbocycles. The molecule has 6 aromatic rings. The van der Waals surface area contributed by atoms with Crippen LogP contribution in [0.25, 0.3) is 21.5 Å². The van der Waals surface area contributed by atoms with Crippen LogP contribution in [0.2, 0.25) is 0 Å². The molecule has 0 aromatic heterocycles. The van der Waals surface area contributed by atoms with Crippen LogP contribution in [-0.4, -0.2) is 0 Å². The summed E-state index contributed by atoms with van der Waals surface area (Å²) < 4.78 is 0. The maximum atomic E-state index is 2.99. The van der Waals surface area contributed by atoms with E-state index in [-0.39, 0.29) is 58.1 Å². The molecule has 1 aliphatic carbocycles. The van der Waals surface area contributed by atoms with Gasteiger partial charge in [-0.3, -0.25) is 6.08 Å². The number of fused-ring (bicyclic) bond motifs is 2. The van der Waals surface area contributed by atoms with E-state index in [1.165, 1.54) is 21.5 Å². The summed E-state index contributed by atoms with van der Waals surface area (Å²) in [6, 6.07) is 54.3. The molecule has 39 heavy (non-hydrogen) atoms. The van der Waals surface area contributed by atoms with Crippen molar-refractivity contribution in [1.82, 2.24) is 0 Å². The van der Waals surface area contributed by atoms with Crippen molar-refractivity contribution in [3.63, 3.8) is 0 Å². The third kappa shape index (κ3) is 16.6. The average molecular weight is 716 g/mol. The molecular weight excluding hydrogens is 682 g/mol. The van der Waals surface area contributed by atoms with Crippen LogP contribution in [0.1, 0.15) is 6.42 Å². The van der Waals surface area contributed by atoms with E-state index >= 15 is 0 Å². The van der Waals surface area contributed by atoms with Crippen molar-refractivity contribution in [2.45, 2.75) is 6.42 Å². The van der Waals surface area contributed by atoms with Crippen molar-refractivity contribution in [3.8, 4) is 0 Å². The van der Waals surface area contributed by atoms with E-state index in [1.54, 1.807) is 0 Å². The van der Waals surface area contributed by atoms with Gasteiger partial charge < -0.3 is 7.43 Å². The summed E-state index contributed by atoms with van der Waals surface area (Å²) in [6.07, 6.45) is 10.0. The zero-order chi connectivity index (χ0) is 24.2. The Morgan fingerprint density at radius 2 is 0.974 bits per heavy atom. The van der Waals surface area contributed by atoms with Crippen LogP contribution in [0.15, 0.2) is 164 Å². The third-order valence-electron chi connectivity index (χ3n) is 4.90. The first-order valence-electron chi connectivity index (χ1n) is 11.7. The van der Waals surface area contributed by atoms with Crippen LogP contribution in [0.3, 0.4) is 0 Å². The first kappa shape index (κ1) is 38.2. The zero-order valence-electron chi connectivity index (χ0n) is 22.1. The van der Waals surface area contributed by atoms with Crippen LogP contribution in [0, 0.1) is 25.6 Å². The Morgan fingerprint density at radius 1 is 0.538 bits per heavy atom. The summed E-state index contributed by atoms with van der Waals surface area (Å²) in [6.45, 7) is 0. The third-order valence-corrected chi connectivity index (χ3v) is 4.90. The van der Waals surface area contributed by atoms with Gasteiger partial charge in [-0.05, 0) is 0 Å². The first-order chi connectivity index (χ1) is 17.4. The number of allylic oxidation sites excluding steroid dienone is 4. The predicted octanol–water partition coefficient (Wildman–Crippen LogP) is 10.7. The van der Waals surface area contributed by atoms with Gasteiger partial charge >= 0.3 is 0 Å². The van der Waals surface area contributed by atoms with Gasteiger partial charge in [0.15, 0.2) is 0 Å². The van der Waals surface area contributed by atoms with Crippen molar-refractivity contribution in [1.29, 1.82) is 0 Å². The van der Waals surface area contributed by atoms with Crippen molar-refractivity contribution < 1.29 is 25.8 Å². The van der Waals surface area contributed by atoms with E-state index in [9.17, 15) is 0 Å². The topological polar surface area (TPSA) is 0 Å². The molecule has 0 atom stereocenters. The van der Waals surface area contributed by atoms with Crippen molar-refractivity contribution in [3.05, 3.63) is 189 Å². The minimum absolute atomic E-state index is 0. The standard InChI is InChI=1S/2C9H7.2C6H5.C5H5.CH3.2ClH.Hf/c2*1-2-5-9-7-3-6-8(9)4-1;2*1-2-4-6-5-3-1;1-2-4-5-3-1;;;;/h2*1-7H;2*1-5H;1-3H,4H2;1H3;2*1H;/q6*-1;;;. The second kappa shape index (κ2) is 25.3. The molecule has 0 amide bonds. The molecule has 0 nitrogen and oxygen atoms in total. The Kier molecular flexibility index (Phi) is 24.8. The number of hydrogen-bond acceptors (Lipinski definition) is 0. The minimum atomic E-state index is 0. The molecule has 202 valence electrons. The molecule has 0 aliphatic heterocycles. The molecule has 1 aliphatic rings. The Hall–Kier alpha value is -2.97. The molecule has 0 spiro atoms. The van der Waals surface area contributed by atoms with Crippen LogP contribution in [-0.2, 0) is 25.8 Å². The second-order valence-corrected chi connectivity index (χ2v) is 7.47. The number of rotatable bonds is 0. The Bertz CT molecular complexity index is 1150. The van der Waals surface area contributed by atoms with Gasteiger partial charge in [-0.15, -0.1) is 90.5 Å². The Balaban J connectivity index is 0. The van der Waals surface area contributed by atoms with Gasteiger partial charge in [0.05, 0.1) is 0 Å². The van der Waals surface area contributed by atoms with Crippen LogP contribution in [0.5, 0.6) is 0 Å². The molecule has 0 N–H and O–H groups in total. The summed E-state index contributed by atoms with van der Waals surface area (Å²) in [5, 5.41) is 5.32. The Labute approximate surface area is 266 Å². The zero-order valence-corrected chi connectivity index (χ0v) is 27.3. The fourth-order valence-corrected chi connectivity index (χ4v) is 3.16. The van der Waals surface area contributed by atoms with E-state index in [1.807, 2.05) is 72.8 Å². The molecular formula is C36H34Cl2Hf-6. The maximum Gasteiger partial charge on any atom is 0 e. The molecule has 0 saturated heterocycles. The van der Waals surface area contributed by atoms with E-state index < -0.39 is 0 Å². The molecule has 0 unspecified atom stereocenters. The van der Waals surface area contributed by atoms with Crippen LogP contribution < -0.4 is 0 Å². The summed E-state index contributed by atoms with van der Waals surface area (Å²) in [5.41, 5.74) is 0. The average Bonchev–Trinajstić information content (AvgIpc) is 3.75. The SMILES string of the molecule is Cl.Cl.[C-]1=CC=CC1.[CH3-].[Hf].[c-]1ccccc1.[c-]1ccccc1.c1ccc2[cH-]ccc2c1.c1ccc2[cH-]ccc2c1. The summed E-state index contributed by atoms with van der Waals surface area (Å²) in [4.78, 5) is 0. The van der Waals surface area contributed by atoms with Gasteiger partial charge in [0, 0.05) is 25.8 Å². The monoisotopic (exact) mass is 716 g/mol. The normalized spacial score (nSPS) is 9.44. The Morgan fingerprint density at radius 3 is 1.23 bits per heavy atom. The number of hydrogen-bond donors (Lipinski definition) is 0. The van der Waals surface area contributed by atoms with Gasteiger partial charge in [-0.2, -0.15) is 114 Å². The van der Waals surface area contributed by atoms with Gasteiger partial charge in [-0.1, -0.05) is 12.1 Å². The minimum Gasteiger partial charge on any atom is -0.358 e. The summed E-state index contributed by atoms with van der Waals surface area (Å²) in [5.74, 6) is 0. The van der Waals surface area contributed by atoms with Crippen molar-refractivity contribution in [2.75, 3.05) is 0 Å². The van der Waals surface area contributed by atoms with Crippen molar-refractivity contribution >= 4 is 46.4 Å². The van der Waals surface area contributed by atoms with E-state index in [4.69, 9.17) is 0 Å². The van der Waals surface area contributed by atoms with Crippen LogP contribution >= 0.6 is 24.8 Å². The van der Waals surface area contributed by atoms with Crippen LogP contribution in [0.4, 0.5) is 0 Å². The molecule has 0 radical (unpaired) electrons. The van der Waals surface area contributed by atoms with E-state index in [0.29, 0.717) is 0 Å². The fourth-order valence-electron chi connectivity index (χ4n) is 3.16. The molecule has 6 aromatic carbocycles. The summed E-state index contributed by atoms with van der Waals surface area (Å²) >= 11 is 0. The summed E-state index contributed by atoms with van der Waals surface area (Å²) in [7, 11) is 0. The maximum absolute atomic E-state index is 2.99. The molecule has 0 heterocycles. The van der Waals surface area contributed by atoms with Gasteiger partial charge in [0.1, 0.15) is 0 Å². The van der Waals surface area contributed by atoms with Gasteiger partial charge in [0.2, 0.25) is 0 Å². The van der Waals surface area contributed by atoms with Gasteiger partial charge in [0.25, 0.3) is 0 Å². The quantitative estimate of drug-likeness (QED) is 0.109. The number of halogens is 2. The predicted molar refractivity (Wildman–Crippen MR) is 172 cm³/mol. The molecule has 0 bridgehead atoms. The van der Waals surface area contributed by atoms with E-state index in [2.05, 4.69) is 109 Å². The first-order valence-corrected chi connectivity index (χ1v) is 11.7. The largest absolute Gasteiger partial charge is 0.358 e. The second-order valence-electron chi connectivity index (χ2n) is 7.47. The molecule has 7 rings (SSSR count). The van der Waals surface area contributed by atoms with Gasteiger partial charge in [-0.25, -0.2) is 12.2 Å².